The maximum absolute atomic E-state index is 9.10. The second-order valence-corrected chi connectivity index (χ2v) is 10.4. The average molecular weight is 518 g/mol. The highest BCUT2D eigenvalue weighted by molar-refractivity contribution is 5.92. The molecule has 5 aromatic rings. The summed E-state index contributed by atoms with van der Waals surface area (Å²) < 4.78 is 5.59. The molecule has 0 unspecified atom stereocenters. The van der Waals surface area contributed by atoms with E-state index in [2.05, 4.69) is 63.0 Å². The Morgan fingerprint density at radius 3 is 2.41 bits per heavy atom. The number of imidazole rings is 1. The van der Waals surface area contributed by atoms with E-state index < -0.39 is 0 Å². The number of aromatic nitrogens is 5. The Bertz CT molecular complexity index is 1650. The molecule has 1 fully saturated rings. The van der Waals surface area contributed by atoms with E-state index in [-0.39, 0.29) is 5.41 Å². The maximum atomic E-state index is 9.10. The van der Waals surface area contributed by atoms with Crippen molar-refractivity contribution in [3.8, 4) is 34.3 Å². The summed E-state index contributed by atoms with van der Waals surface area (Å²) >= 11 is 0. The molecule has 2 aromatic carbocycles. The molecule has 4 heterocycles. The third-order valence-corrected chi connectivity index (χ3v) is 7.79. The number of hydrogen-bond acceptors (Lipinski definition) is 6. The van der Waals surface area contributed by atoms with Crippen LogP contribution in [-0.4, -0.2) is 44.6 Å². The number of H-pyrrole nitrogens is 2. The Hall–Kier alpha value is -4.64. The molecule has 0 amide bonds. The van der Waals surface area contributed by atoms with Crippen LogP contribution in [0.1, 0.15) is 43.8 Å². The molecule has 6 rings (SSSR count). The zero-order valence-corrected chi connectivity index (χ0v) is 22.5. The molecule has 196 valence electrons. The van der Waals surface area contributed by atoms with Crippen molar-refractivity contribution < 1.29 is 4.74 Å². The summed E-state index contributed by atoms with van der Waals surface area (Å²) in [5.41, 5.74) is 6.55. The van der Waals surface area contributed by atoms with Gasteiger partial charge in [-0.2, -0.15) is 5.26 Å². The number of fused-ring (bicyclic) bond motifs is 1. The Labute approximate surface area is 227 Å². The van der Waals surface area contributed by atoms with E-state index in [0.717, 1.165) is 82.6 Å². The van der Waals surface area contributed by atoms with Crippen LogP contribution in [0.3, 0.4) is 0 Å². The predicted octanol–water partition coefficient (Wildman–Crippen LogP) is 6.15. The topological polar surface area (TPSA) is 107 Å². The normalized spacial score (nSPS) is 14.9. The molecular weight excluding hydrogens is 486 g/mol. The minimum Gasteiger partial charge on any atom is -0.494 e. The number of piperidine rings is 1. The smallest absolute Gasteiger partial charge is 0.143 e. The van der Waals surface area contributed by atoms with E-state index in [1.54, 1.807) is 6.33 Å². The fourth-order valence-electron chi connectivity index (χ4n) is 5.41. The SMILES string of the molecule is CCOc1ccc(-c2nc(C3(C)CCN(c4ncnc5[nH]c(-c6ccc(C#N)cc6)cc45)CC3)[nH]c2C)cc1. The van der Waals surface area contributed by atoms with Crippen molar-refractivity contribution in [1.29, 1.82) is 5.26 Å². The van der Waals surface area contributed by atoms with Gasteiger partial charge < -0.3 is 19.6 Å². The molecular formula is C31H31N7O. The van der Waals surface area contributed by atoms with Gasteiger partial charge in [0.1, 0.15) is 29.4 Å². The van der Waals surface area contributed by atoms with Gasteiger partial charge in [0.05, 0.1) is 29.3 Å². The second-order valence-electron chi connectivity index (χ2n) is 10.4. The summed E-state index contributed by atoms with van der Waals surface area (Å²) in [7, 11) is 0. The average Bonchev–Trinajstić information content (AvgIpc) is 3.58. The maximum Gasteiger partial charge on any atom is 0.143 e. The first-order valence-corrected chi connectivity index (χ1v) is 13.4. The van der Waals surface area contributed by atoms with Crippen molar-refractivity contribution >= 4 is 16.9 Å². The van der Waals surface area contributed by atoms with Crippen LogP contribution in [0.4, 0.5) is 5.82 Å². The predicted molar refractivity (Wildman–Crippen MR) is 153 cm³/mol. The second kappa shape index (κ2) is 9.91. The molecule has 1 aliphatic rings. The third kappa shape index (κ3) is 4.61. The van der Waals surface area contributed by atoms with Gasteiger partial charge >= 0.3 is 0 Å². The highest BCUT2D eigenvalue weighted by Gasteiger charge is 2.36. The van der Waals surface area contributed by atoms with Crippen LogP contribution in [-0.2, 0) is 5.41 Å². The van der Waals surface area contributed by atoms with Gasteiger partial charge in [0.15, 0.2) is 0 Å². The molecule has 39 heavy (non-hydrogen) atoms. The van der Waals surface area contributed by atoms with Crippen LogP contribution >= 0.6 is 0 Å². The summed E-state index contributed by atoms with van der Waals surface area (Å²) in [6.07, 6.45) is 3.55. The summed E-state index contributed by atoms with van der Waals surface area (Å²) in [5.74, 6) is 2.87. The molecule has 0 atom stereocenters. The third-order valence-electron chi connectivity index (χ3n) is 7.79. The number of aryl methyl sites for hydroxylation is 1. The van der Waals surface area contributed by atoms with Crippen molar-refractivity contribution in [3.63, 3.8) is 0 Å². The molecule has 3 aromatic heterocycles. The van der Waals surface area contributed by atoms with Gasteiger partial charge in [-0.25, -0.2) is 15.0 Å². The van der Waals surface area contributed by atoms with Gasteiger partial charge in [0.2, 0.25) is 0 Å². The Morgan fingerprint density at radius 1 is 1.00 bits per heavy atom. The lowest BCUT2D eigenvalue weighted by atomic mass is 9.79. The van der Waals surface area contributed by atoms with E-state index in [1.807, 2.05) is 43.3 Å². The van der Waals surface area contributed by atoms with E-state index in [9.17, 15) is 0 Å². The fourth-order valence-corrected chi connectivity index (χ4v) is 5.41. The van der Waals surface area contributed by atoms with Crippen molar-refractivity contribution in [2.24, 2.45) is 0 Å². The number of anilines is 1. The lowest BCUT2D eigenvalue weighted by Gasteiger charge is -2.38. The van der Waals surface area contributed by atoms with Crippen molar-refractivity contribution in [2.45, 2.75) is 39.0 Å². The van der Waals surface area contributed by atoms with Gasteiger partial charge in [-0.3, -0.25) is 0 Å². The summed E-state index contributed by atoms with van der Waals surface area (Å²) in [5, 5.41) is 10.1. The van der Waals surface area contributed by atoms with Crippen LogP contribution in [0.15, 0.2) is 60.9 Å². The quantitative estimate of drug-likeness (QED) is 0.280. The van der Waals surface area contributed by atoms with Gasteiger partial charge in [0, 0.05) is 35.5 Å². The molecule has 8 nitrogen and oxygen atoms in total. The zero-order valence-electron chi connectivity index (χ0n) is 22.5. The summed E-state index contributed by atoms with van der Waals surface area (Å²) in [6.45, 7) is 8.79. The first-order chi connectivity index (χ1) is 19.0. The lowest BCUT2D eigenvalue weighted by Crippen LogP contribution is -2.42. The molecule has 0 saturated carbocycles. The van der Waals surface area contributed by atoms with E-state index in [4.69, 9.17) is 15.0 Å². The van der Waals surface area contributed by atoms with Gasteiger partial charge in [-0.1, -0.05) is 19.1 Å². The molecule has 0 radical (unpaired) electrons. The van der Waals surface area contributed by atoms with E-state index in [1.165, 1.54) is 0 Å². The van der Waals surface area contributed by atoms with Crippen molar-refractivity contribution in [3.05, 3.63) is 78.0 Å². The number of benzene rings is 2. The monoisotopic (exact) mass is 517 g/mol. The van der Waals surface area contributed by atoms with Crippen molar-refractivity contribution in [1.82, 2.24) is 24.9 Å². The molecule has 8 heteroatoms. The molecule has 2 N–H and O–H groups in total. The van der Waals surface area contributed by atoms with Crippen LogP contribution in [0, 0.1) is 18.3 Å². The highest BCUT2D eigenvalue weighted by atomic mass is 16.5. The lowest BCUT2D eigenvalue weighted by molar-refractivity contribution is 0.340. The zero-order chi connectivity index (χ0) is 27.0. The first-order valence-electron chi connectivity index (χ1n) is 13.4. The summed E-state index contributed by atoms with van der Waals surface area (Å²) in [4.78, 5) is 23.6. The fraction of sp³-hybridized carbons (Fsp3) is 0.290. The molecule has 1 saturated heterocycles. The van der Waals surface area contributed by atoms with Crippen LogP contribution in [0.2, 0.25) is 0 Å². The van der Waals surface area contributed by atoms with Crippen LogP contribution in [0.5, 0.6) is 5.75 Å². The van der Waals surface area contributed by atoms with E-state index >= 15 is 0 Å². The van der Waals surface area contributed by atoms with Crippen LogP contribution in [0.25, 0.3) is 33.5 Å². The Balaban J connectivity index is 1.21. The number of nitrogens with one attached hydrogen (secondary N) is 2. The van der Waals surface area contributed by atoms with Gasteiger partial charge in [-0.15, -0.1) is 0 Å². The van der Waals surface area contributed by atoms with Gasteiger partial charge in [0.25, 0.3) is 0 Å². The summed E-state index contributed by atoms with van der Waals surface area (Å²) in [6, 6.07) is 20.0. The number of nitriles is 1. The first kappa shape index (κ1) is 24.7. The number of ether oxygens (including phenoxy) is 1. The molecule has 0 spiro atoms. The standard InChI is InChI=1S/C31H31N7O/c1-4-39-24-11-9-23(10-12-24)27-20(2)35-30(37-27)31(3)13-15-38(16-14-31)29-25-17-26(36-28(25)33-19-34-29)22-7-5-21(18-32)6-8-22/h5-12,17,19H,4,13-16H2,1-3H3,(H,35,37)(H,33,34,36). The van der Waals surface area contributed by atoms with E-state index in [0.29, 0.717) is 12.2 Å². The number of nitrogens with zero attached hydrogens (tertiary/aromatic N) is 5. The molecule has 1 aliphatic heterocycles. The minimum atomic E-state index is -0.0529. The van der Waals surface area contributed by atoms with Crippen molar-refractivity contribution in [2.75, 3.05) is 24.6 Å². The van der Waals surface area contributed by atoms with Gasteiger partial charge in [-0.05, 0) is 74.7 Å². The minimum absolute atomic E-state index is 0.0529. The number of aromatic amines is 2. The largest absolute Gasteiger partial charge is 0.494 e. The number of hydrogen-bond donors (Lipinski definition) is 2. The van der Waals surface area contributed by atoms with Crippen LogP contribution < -0.4 is 9.64 Å². The Morgan fingerprint density at radius 2 is 1.72 bits per heavy atom. The Kier molecular flexibility index (Phi) is 6.27. The highest BCUT2D eigenvalue weighted by Crippen LogP contribution is 2.38. The molecule has 0 bridgehead atoms. The molecule has 0 aliphatic carbocycles. The number of rotatable bonds is 6.